The molecule has 1 fully saturated rings. The van der Waals surface area contributed by atoms with Gasteiger partial charge in [-0.3, -0.25) is 4.79 Å². The smallest absolute Gasteiger partial charge is 0.302 e. The molecular formula is C24H27F3N2OSi. The third-order valence-corrected chi connectivity index (χ3v) is 9.74. The molecule has 164 valence electrons. The molecule has 3 nitrogen and oxygen atoms in total. The van der Waals surface area contributed by atoms with E-state index in [0.717, 1.165) is 5.56 Å². The lowest BCUT2D eigenvalue weighted by Crippen LogP contribution is -2.56. The number of carbonyl (C=O) groups is 1. The number of hydrogen-bond donors (Lipinski definition) is 1. The van der Waals surface area contributed by atoms with Crippen LogP contribution in [0.2, 0.25) is 13.1 Å². The van der Waals surface area contributed by atoms with Crippen LogP contribution < -0.4 is 5.32 Å². The summed E-state index contributed by atoms with van der Waals surface area (Å²) in [6.07, 6.45) is -3.57. The van der Waals surface area contributed by atoms with Crippen molar-refractivity contribution in [3.63, 3.8) is 0 Å². The molecule has 0 aromatic heterocycles. The van der Waals surface area contributed by atoms with E-state index in [9.17, 15) is 23.2 Å². The fourth-order valence-corrected chi connectivity index (χ4v) is 6.88. The normalized spacial score (nSPS) is 17.4. The van der Waals surface area contributed by atoms with Crippen molar-refractivity contribution in [2.24, 2.45) is 5.41 Å². The quantitative estimate of drug-likeness (QED) is 0.517. The van der Waals surface area contributed by atoms with E-state index in [1.54, 1.807) is 18.2 Å². The van der Waals surface area contributed by atoms with E-state index in [1.807, 2.05) is 43.4 Å². The van der Waals surface area contributed by atoms with E-state index in [-0.39, 0.29) is 17.8 Å². The van der Waals surface area contributed by atoms with Crippen LogP contribution >= 0.6 is 0 Å². The number of carbonyl (C=O) groups excluding carboxylic acids is 1. The first-order valence-corrected chi connectivity index (χ1v) is 13.7. The fraction of sp³-hybridized carbons (Fsp3) is 0.417. The average Bonchev–Trinajstić information content (AvgIpc) is 3.52. The zero-order valence-electron chi connectivity index (χ0n) is 17.7. The van der Waals surface area contributed by atoms with Crippen LogP contribution in [-0.4, -0.2) is 25.7 Å². The van der Waals surface area contributed by atoms with Gasteiger partial charge in [-0.25, -0.2) is 0 Å². The number of hydrogen-bond acceptors (Lipinski definition) is 3. The lowest BCUT2D eigenvalue weighted by Gasteiger charge is -2.37. The molecule has 0 saturated heterocycles. The molecule has 3 rings (SSSR count). The maximum Gasteiger partial charge on any atom is 0.407 e. The van der Waals surface area contributed by atoms with Gasteiger partial charge in [0.05, 0.1) is 14.1 Å². The molecule has 0 amide bonds. The predicted octanol–water partition coefficient (Wildman–Crippen LogP) is 5.54. The van der Waals surface area contributed by atoms with Crippen molar-refractivity contribution in [2.75, 3.05) is 0 Å². The molecule has 31 heavy (non-hydrogen) atoms. The zero-order valence-corrected chi connectivity index (χ0v) is 18.7. The molecule has 1 saturated carbocycles. The lowest BCUT2D eigenvalue weighted by molar-refractivity contribution is -0.159. The summed E-state index contributed by atoms with van der Waals surface area (Å²) in [7, 11) is -2.42. The van der Waals surface area contributed by atoms with E-state index >= 15 is 0 Å². The van der Waals surface area contributed by atoms with Crippen LogP contribution in [0, 0.1) is 16.7 Å². The molecule has 0 spiro atoms. The average molecular weight is 445 g/mol. The maximum absolute atomic E-state index is 14.0. The van der Waals surface area contributed by atoms with Crippen LogP contribution in [0.15, 0.2) is 60.7 Å². The Morgan fingerprint density at radius 1 is 1.10 bits per heavy atom. The lowest BCUT2D eigenvalue weighted by atomic mass is 9.99. The number of nitrogens with zero attached hydrogens (tertiary/aromatic N) is 1. The van der Waals surface area contributed by atoms with Crippen molar-refractivity contribution in [1.82, 2.24) is 5.32 Å². The molecule has 2 atom stereocenters. The molecule has 7 heteroatoms. The van der Waals surface area contributed by atoms with Gasteiger partial charge in [0.1, 0.15) is 11.5 Å². The van der Waals surface area contributed by atoms with Gasteiger partial charge < -0.3 is 5.32 Å². The Balaban J connectivity index is 1.92. The van der Waals surface area contributed by atoms with E-state index < -0.39 is 31.4 Å². The first kappa shape index (κ1) is 23.2. The molecule has 1 aliphatic rings. The van der Waals surface area contributed by atoms with E-state index in [2.05, 4.69) is 11.4 Å². The van der Waals surface area contributed by atoms with Gasteiger partial charge in [0.2, 0.25) is 0 Å². The molecule has 2 aromatic rings. The molecule has 1 aliphatic carbocycles. The second-order valence-corrected chi connectivity index (χ2v) is 14.1. The zero-order chi connectivity index (χ0) is 22.7. The molecule has 0 aliphatic heterocycles. The van der Waals surface area contributed by atoms with Crippen LogP contribution in [0.4, 0.5) is 13.2 Å². The molecule has 0 radical (unpaired) electrons. The SMILES string of the molecule is C[Si](C)(Cc1ccccc1)C(CC(=O)C1(C#N)CC1)NC(c1ccccc1)C(F)(F)F. The minimum Gasteiger partial charge on any atom is -0.302 e. The molecule has 0 heterocycles. The van der Waals surface area contributed by atoms with Crippen LogP contribution in [-0.2, 0) is 10.8 Å². The highest BCUT2D eigenvalue weighted by Crippen LogP contribution is 2.47. The van der Waals surface area contributed by atoms with Crippen LogP contribution in [0.1, 0.15) is 36.4 Å². The number of nitrogens with one attached hydrogen (secondary N) is 1. The van der Waals surface area contributed by atoms with Crippen molar-refractivity contribution < 1.29 is 18.0 Å². The van der Waals surface area contributed by atoms with Crippen molar-refractivity contribution in [3.8, 4) is 6.07 Å². The number of nitriles is 1. The van der Waals surface area contributed by atoms with Gasteiger partial charge in [-0.2, -0.15) is 18.4 Å². The largest absolute Gasteiger partial charge is 0.407 e. The number of benzene rings is 2. The minimum atomic E-state index is -4.51. The Bertz CT molecular complexity index is 935. The first-order chi connectivity index (χ1) is 14.6. The predicted molar refractivity (Wildman–Crippen MR) is 117 cm³/mol. The minimum absolute atomic E-state index is 0.0565. The standard InChI is InChI=1S/C24H27F3N2OSi/c1-31(2,16-18-9-5-3-6-10-18)21(15-20(30)23(17-28)13-14-23)29-22(24(25,26)27)19-11-7-4-8-12-19/h3-12,21-22,29H,13-16H2,1-2H3. The van der Waals surface area contributed by atoms with Crippen LogP contribution in [0.3, 0.4) is 0 Å². The van der Waals surface area contributed by atoms with Crippen molar-refractivity contribution in [3.05, 3.63) is 71.8 Å². The summed E-state index contributed by atoms with van der Waals surface area (Å²) in [6, 6.07) is 18.2. The number of rotatable bonds is 9. The van der Waals surface area contributed by atoms with Crippen LogP contribution in [0.5, 0.6) is 0 Å². The molecular weight excluding hydrogens is 417 g/mol. The Morgan fingerprint density at radius 2 is 1.65 bits per heavy atom. The summed E-state index contributed by atoms with van der Waals surface area (Å²) in [6.45, 7) is 4.02. The van der Waals surface area contributed by atoms with E-state index in [4.69, 9.17) is 0 Å². The third kappa shape index (κ3) is 5.63. The first-order valence-electron chi connectivity index (χ1n) is 10.4. The number of halogens is 3. The number of Topliss-reactive ketones (excluding diaryl/α,β-unsaturated/α-hetero) is 1. The summed E-state index contributed by atoms with van der Waals surface area (Å²) in [4.78, 5) is 12.9. The van der Waals surface area contributed by atoms with Gasteiger partial charge in [-0.15, -0.1) is 0 Å². The summed E-state index contributed by atoms with van der Waals surface area (Å²) in [5, 5.41) is 12.2. The van der Waals surface area contributed by atoms with Crippen molar-refractivity contribution in [2.45, 2.75) is 56.3 Å². The monoisotopic (exact) mass is 444 g/mol. The number of ketones is 1. The van der Waals surface area contributed by atoms with Crippen LogP contribution in [0.25, 0.3) is 0 Å². The van der Waals surface area contributed by atoms with Gasteiger partial charge in [-0.1, -0.05) is 79.3 Å². The molecule has 2 aromatic carbocycles. The van der Waals surface area contributed by atoms with Gasteiger partial charge in [-0.05, 0) is 24.4 Å². The van der Waals surface area contributed by atoms with Gasteiger partial charge in [0, 0.05) is 12.1 Å². The Kier molecular flexibility index (Phi) is 6.72. The Labute approximate surface area is 182 Å². The van der Waals surface area contributed by atoms with E-state index in [0.29, 0.717) is 18.9 Å². The van der Waals surface area contributed by atoms with Crippen molar-refractivity contribution in [1.29, 1.82) is 5.26 Å². The molecule has 1 N–H and O–H groups in total. The number of alkyl halides is 3. The fourth-order valence-electron chi connectivity index (χ4n) is 3.99. The Morgan fingerprint density at radius 3 is 2.13 bits per heavy atom. The highest BCUT2D eigenvalue weighted by atomic mass is 28.3. The highest BCUT2D eigenvalue weighted by Gasteiger charge is 2.52. The topological polar surface area (TPSA) is 52.9 Å². The Hall–Kier alpha value is -2.43. The van der Waals surface area contributed by atoms with Crippen molar-refractivity contribution >= 4 is 13.9 Å². The van der Waals surface area contributed by atoms with Gasteiger partial charge >= 0.3 is 6.18 Å². The summed E-state index contributed by atoms with van der Waals surface area (Å²) < 4.78 is 42.1. The molecule has 0 bridgehead atoms. The second-order valence-electron chi connectivity index (χ2n) is 9.08. The van der Waals surface area contributed by atoms with E-state index in [1.165, 1.54) is 12.1 Å². The summed E-state index contributed by atoms with van der Waals surface area (Å²) >= 11 is 0. The maximum atomic E-state index is 14.0. The highest BCUT2D eigenvalue weighted by molar-refractivity contribution is 6.78. The second kappa shape index (κ2) is 8.97. The molecule has 2 unspecified atom stereocenters. The third-order valence-electron chi connectivity index (χ3n) is 6.16. The summed E-state index contributed by atoms with van der Waals surface area (Å²) in [5.74, 6) is -0.241. The van der Waals surface area contributed by atoms with Gasteiger partial charge in [0.25, 0.3) is 0 Å². The summed E-state index contributed by atoms with van der Waals surface area (Å²) in [5.41, 5.74) is -0.461. The van der Waals surface area contributed by atoms with Gasteiger partial charge in [0.15, 0.2) is 5.78 Å².